The highest BCUT2D eigenvalue weighted by atomic mass is 16.5. The van der Waals surface area contributed by atoms with Gasteiger partial charge in [-0.3, -0.25) is 0 Å². The van der Waals surface area contributed by atoms with Crippen molar-refractivity contribution in [2.75, 3.05) is 0 Å². The molecule has 0 saturated carbocycles. The van der Waals surface area contributed by atoms with Gasteiger partial charge in [0, 0.05) is 0 Å². The van der Waals surface area contributed by atoms with Gasteiger partial charge in [-0.2, -0.15) is 10.5 Å². The van der Waals surface area contributed by atoms with Crippen LogP contribution in [0.4, 0.5) is 0 Å². The first kappa shape index (κ1) is 16.3. The molecule has 0 aliphatic rings. The van der Waals surface area contributed by atoms with Gasteiger partial charge >= 0.3 is 0 Å². The van der Waals surface area contributed by atoms with E-state index in [1.165, 1.54) is 6.07 Å². The normalized spacial score (nSPS) is 11.2. The molecule has 4 nitrogen and oxygen atoms in total. The van der Waals surface area contributed by atoms with Crippen molar-refractivity contribution in [2.45, 2.75) is 6.10 Å². The smallest absolute Gasteiger partial charge is 0.127 e. The second-order valence-electron chi connectivity index (χ2n) is 5.42. The molecule has 0 saturated heterocycles. The van der Waals surface area contributed by atoms with Gasteiger partial charge in [0.2, 0.25) is 0 Å². The molecule has 3 rings (SSSR count). The monoisotopic (exact) mass is 326 g/mol. The highest BCUT2D eigenvalue weighted by Gasteiger charge is 2.14. The number of aliphatic hydroxyl groups is 1. The molecule has 0 fully saturated rings. The van der Waals surface area contributed by atoms with E-state index in [0.29, 0.717) is 28.2 Å². The zero-order valence-corrected chi connectivity index (χ0v) is 13.3. The van der Waals surface area contributed by atoms with Crippen molar-refractivity contribution in [3.8, 4) is 23.6 Å². The summed E-state index contributed by atoms with van der Waals surface area (Å²) in [5.41, 5.74) is 1.73. The maximum atomic E-state index is 10.6. The number of nitrogens with zero attached hydrogens (tertiary/aromatic N) is 2. The summed E-state index contributed by atoms with van der Waals surface area (Å²) in [4.78, 5) is 0. The summed E-state index contributed by atoms with van der Waals surface area (Å²) in [5.74, 6) is 1.32. The fourth-order valence-corrected chi connectivity index (χ4v) is 2.49. The van der Waals surface area contributed by atoms with Crippen molar-refractivity contribution in [3.05, 3.63) is 95.1 Å². The molecule has 3 aromatic carbocycles. The number of aliphatic hydroxyl groups excluding tert-OH is 1. The van der Waals surface area contributed by atoms with Crippen LogP contribution in [-0.2, 0) is 0 Å². The zero-order chi connectivity index (χ0) is 17.6. The first-order valence-corrected chi connectivity index (χ1v) is 7.66. The largest absolute Gasteiger partial charge is 0.457 e. The Bertz CT molecular complexity index is 969. The molecule has 0 aliphatic heterocycles. The number of nitriles is 2. The Labute approximate surface area is 145 Å². The second kappa shape index (κ2) is 7.31. The molecule has 0 bridgehead atoms. The minimum Gasteiger partial charge on any atom is -0.457 e. The molecule has 1 atom stereocenters. The van der Waals surface area contributed by atoms with E-state index in [0.717, 1.165) is 0 Å². The molecule has 0 heterocycles. The molecule has 1 unspecified atom stereocenters. The van der Waals surface area contributed by atoms with Crippen LogP contribution in [0.25, 0.3) is 0 Å². The standard InChI is InChI=1S/C21H14N2O2/c22-13-17-10-9-16(11-18(17)14-23)21(24)15-5-4-8-20(12-15)25-19-6-2-1-3-7-19/h1-12,21,24H. The van der Waals surface area contributed by atoms with Crippen LogP contribution >= 0.6 is 0 Å². The molecule has 0 aliphatic carbocycles. The van der Waals surface area contributed by atoms with Crippen LogP contribution in [0.3, 0.4) is 0 Å². The lowest BCUT2D eigenvalue weighted by Gasteiger charge is -2.14. The number of ether oxygens (including phenoxy) is 1. The lowest BCUT2D eigenvalue weighted by Crippen LogP contribution is -2.01. The van der Waals surface area contributed by atoms with Crippen LogP contribution in [0.2, 0.25) is 0 Å². The number of hydrogen-bond donors (Lipinski definition) is 1. The van der Waals surface area contributed by atoms with Gasteiger partial charge in [0.25, 0.3) is 0 Å². The van der Waals surface area contributed by atoms with Gasteiger partial charge in [-0.05, 0) is 47.5 Å². The Hall–Kier alpha value is -3.60. The predicted octanol–water partition coefficient (Wildman–Crippen LogP) is 4.30. The van der Waals surface area contributed by atoms with Gasteiger partial charge < -0.3 is 9.84 Å². The molecule has 3 aromatic rings. The quantitative estimate of drug-likeness (QED) is 0.775. The molecular weight excluding hydrogens is 312 g/mol. The number of rotatable bonds is 4. The fraction of sp³-hybridized carbons (Fsp3) is 0.0476. The third-order valence-electron chi connectivity index (χ3n) is 3.75. The molecule has 0 aromatic heterocycles. The van der Waals surface area contributed by atoms with Crippen molar-refractivity contribution in [1.82, 2.24) is 0 Å². The summed E-state index contributed by atoms with van der Waals surface area (Å²) in [6, 6.07) is 25.2. The van der Waals surface area contributed by atoms with Crippen molar-refractivity contribution < 1.29 is 9.84 Å². The van der Waals surface area contributed by atoms with E-state index < -0.39 is 6.10 Å². The van der Waals surface area contributed by atoms with E-state index in [1.54, 1.807) is 30.3 Å². The van der Waals surface area contributed by atoms with Gasteiger partial charge in [0.15, 0.2) is 0 Å². The van der Waals surface area contributed by atoms with Crippen molar-refractivity contribution in [2.24, 2.45) is 0 Å². The molecule has 0 amide bonds. The van der Waals surface area contributed by atoms with Crippen LogP contribution in [-0.4, -0.2) is 5.11 Å². The van der Waals surface area contributed by atoms with E-state index >= 15 is 0 Å². The molecular formula is C21H14N2O2. The average molecular weight is 326 g/mol. The van der Waals surface area contributed by atoms with Crippen LogP contribution < -0.4 is 4.74 Å². The molecule has 120 valence electrons. The van der Waals surface area contributed by atoms with Gasteiger partial charge in [0.05, 0.1) is 11.1 Å². The predicted molar refractivity (Wildman–Crippen MR) is 92.9 cm³/mol. The zero-order valence-electron chi connectivity index (χ0n) is 13.3. The van der Waals surface area contributed by atoms with Crippen LogP contribution in [0, 0.1) is 22.7 Å². The fourth-order valence-electron chi connectivity index (χ4n) is 2.49. The maximum absolute atomic E-state index is 10.6. The van der Waals surface area contributed by atoms with E-state index in [1.807, 2.05) is 48.5 Å². The Morgan fingerprint density at radius 2 is 1.40 bits per heavy atom. The van der Waals surface area contributed by atoms with Gasteiger partial charge in [-0.25, -0.2) is 0 Å². The maximum Gasteiger partial charge on any atom is 0.127 e. The van der Waals surface area contributed by atoms with Crippen LogP contribution in [0.15, 0.2) is 72.8 Å². The summed E-state index contributed by atoms with van der Waals surface area (Å²) >= 11 is 0. The minimum atomic E-state index is -0.917. The van der Waals surface area contributed by atoms with Gasteiger partial charge in [-0.15, -0.1) is 0 Å². The topological polar surface area (TPSA) is 77.0 Å². The lowest BCUT2D eigenvalue weighted by molar-refractivity contribution is 0.220. The number of benzene rings is 3. The summed E-state index contributed by atoms with van der Waals surface area (Å²) < 4.78 is 5.78. The Morgan fingerprint density at radius 3 is 2.12 bits per heavy atom. The third-order valence-corrected chi connectivity index (χ3v) is 3.75. The SMILES string of the molecule is N#Cc1ccc(C(O)c2cccc(Oc3ccccc3)c2)cc1C#N. The van der Waals surface area contributed by atoms with Gasteiger partial charge in [-0.1, -0.05) is 36.4 Å². The highest BCUT2D eigenvalue weighted by molar-refractivity contribution is 5.49. The Kier molecular flexibility index (Phi) is 4.76. The third kappa shape index (κ3) is 3.67. The second-order valence-corrected chi connectivity index (χ2v) is 5.42. The van der Waals surface area contributed by atoms with E-state index in [9.17, 15) is 5.11 Å². The summed E-state index contributed by atoms with van der Waals surface area (Å²) in [5, 5.41) is 28.7. The molecule has 0 spiro atoms. The van der Waals surface area contributed by atoms with Gasteiger partial charge in [0.1, 0.15) is 29.7 Å². The van der Waals surface area contributed by atoms with E-state index in [-0.39, 0.29) is 5.56 Å². The van der Waals surface area contributed by atoms with Crippen LogP contribution in [0.1, 0.15) is 28.4 Å². The van der Waals surface area contributed by atoms with Crippen molar-refractivity contribution >= 4 is 0 Å². The van der Waals surface area contributed by atoms with Crippen molar-refractivity contribution in [3.63, 3.8) is 0 Å². The molecule has 25 heavy (non-hydrogen) atoms. The van der Waals surface area contributed by atoms with Crippen LogP contribution in [0.5, 0.6) is 11.5 Å². The summed E-state index contributed by atoms with van der Waals surface area (Å²) in [6.45, 7) is 0. The number of hydrogen-bond acceptors (Lipinski definition) is 4. The lowest BCUT2D eigenvalue weighted by atomic mass is 9.97. The first-order valence-electron chi connectivity index (χ1n) is 7.66. The molecule has 4 heteroatoms. The van der Waals surface area contributed by atoms with E-state index in [2.05, 4.69) is 0 Å². The molecule has 1 N–H and O–H groups in total. The highest BCUT2D eigenvalue weighted by Crippen LogP contribution is 2.28. The molecule has 0 radical (unpaired) electrons. The summed E-state index contributed by atoms with van der Waals surface area (Å²) in [7, 11) is 0. The Morgan fingerprint density at radius 1 is 0.720 bits per heavy atom. The number of para-hydroxylation sites is 1. The Balaban J connectivity index is 1.88. The van der Waals surface area contributed by atoms with E-state index in [4.69, 9.17) is 15.3 Å². The first-order chi connectivity index (χ1) is 12.2. The minimum absolute atomic E-state index is 0.246. The summed E-state index contributed by atoms with van der Waals surface area (Å²) in [6.07, 6.45) is -0.917. The van der Waals surface area contributed by atoms with Crippen molar-refractivity contribution in [1.29, 1.82) is 10.5 Å². The average Bonchev–Trinajstić information content (AvgIpc) is 2.68.